The summed E-state index contributed by atoms with van der Waals surface area (Å²) in [7, 11) is 0. The molecule has 3 nitrogen and oxygen atoms in total. The van der Waals surface area contributed by atoms with Crippen LogP contribution in [0, 0.1) is 5.92 Å². The first-order valence-electron chi connectivity index (χ1n) is 9.09. The zero-order valence-electron chi connectivity index (χ0n) is 13.2. The molecule has 0 aromatic heterocycles. The number of nitrogens with one attached hydrogen (secondary N) is 1. The first-order valence-corrected chi connectivity index (χ1v) is 9.09. The van der Waals surface area contributed by atoms with Crippen LogP contribution in [0.5, 0.6) is 0 Å². The van der Waals surface area contributed by atoms with E-state index in [0.717, 1.165) is 12.0 Å². The standard InChI is InChI=1S/C17H33N3/c1-2-6-16(7-3-1)14-18-9-13-19-10-5-12-20-11-4-8-17(20)15-19/h16-18H,1-15H2. The third-order valence-corrected chi connectivity index (χ3v) is 5.65. The third kappa shape index (κ3) is 4.19. The van der Waals surface area contributed by atoms with Crippen LogP contribution >= 0.6 is 0 Å². The van der Waals surface area contributed by atoms with Crippen molar-refractivity contribution in [3.05, 3.63) is 0 Å². The van der Waals surface area contributed by atoms with E-state index in [9.17, 15) is 0 Å². The molecule has 0 aromatic carbocycles. The highest BCUT2D eigenvalue weighted by atomic mass is 15.3. The average Bonchev–Trinajstić information content (AvgIpc) is 2.83. The van der Waals surface area contributed by atoms with Crippen molar-refractivity contribution in [2.75, 3.05) is 45.8 Å². The molecule has 1 unspecified atom stereocenters. The van der Waals surface area contributed by atoms with E-state index in [-0.39, 0.29) is 0 Å². The molecule has 0 amide bonds. The second kappa shape index (κ2) is 7.77. The molecule has 3 rings (SSSR count). The molecule has 1 saturated carbocycles. The summed E-state index contributed by atoms with van der Waals surface area (Å²) in [5.41, 5.74) is 0. The van der Waals surface area contributed by atoms with Gasteiger partial charge in [0.25, 0.3) is 0 Å². The van der Waals surface area contributed by atoms with Crippen molar-refractivity contribution >= 4 is 0 Å². The first kappa shape index (κ1) is 14.8. The Bertz CT molecular complexity index is 275. The zero-order chi connectivity index (χ0) is 13.6. The van der Waals surface area contributed by atoms with E-state index >= 15 is 0 Å². The van der Waals surface area contributed by atoms with Gasteiger partial charge in [-0.1, -0.05) is 19.3 Å². The second-order valence-electron chi connectivity index (χ2n) is 7.19. The van der Waals surface area contributed by atoms with Gasteiger partial charge in [0.2, 0.25) is 0 Å². The van der Waals surface area contributed by atoms with Crippen molar-refractivity contribution in [2.24, 2.45) is 5.92 Å². The molecule has 0 spiro atoms. The summed E-state index contributed by atoms with van der Waals surface area (Å²) in [5.74, 6) is 0.971. The summed E-state index contributed by atoms with van der Waals surface area (Å²) < 4.78 is 0. The van der Waals surface area contributed by atoms with Gasteiger partial charge >= 0.3 is 0 Å². The molecule has 1 N–H and O–H groups in total. The molecule has 0 radical (unpaired) electrons. The SMILES string of the molecule is C1CCC(CNCCN2CCCN3CCCC3C2)CC1. The van der Waals surface area contributed by atoms with E-state index < -0.39 is 0 Å². The van der Waals surface area contributed by atoms with Crippen LogP contribution in [0.2, 0.25) is 0 Å². The summed E-state index contributed by atoms with van der Waals surface area (Å²) >= 11 is 0. The van der Waals surface area contributed by atoms with Crippen LogP contribution < -0.4 is 5.32 Å². The van der Waals surface area contributed by atoms with Crippen molar-refractivity contribution < 1.29 is 0 Å². The zero-order valence-corrected chi connectivity index (χ0v) is 13.2. The van der Waals surface area contributed by atoms with Gasteiger partial charge in [0.05, 0.1) is 0 Å². The normalized spacial score (nSPS) is 30.3. The lowest BCUT2D eigenvalue weighted by molar-refractivity contribution is 0.218. The fraction of sp³-hybridized carbons (Fsp3) is 1.00. The van der Waals surface area contributed by atoms with E-state index in [2.05, 4.69) is 15.1 Å². The molecule has 20 heavy (non-hydrogen) atoms. The van der Waals surface area contributed by atoms with Gasteiger partial charge in [0.15, 0.2) is 0 Å². The lowest BCUT2D eigenvalue weighted by Gasteiger charge is -2.26. The number of hydrogen-bond acceptors (Lipinski definition) is 3. The van der Waals surface area contributed by atoms with Gasteiger partial charge in [0, 0.05) is 25.7 Å². The molecule has 3 aliphatic rings. The van der Waals surface area contributed by atoms with Crippen LogP contribution in [0.4, 0.5) is 0 Å². The van der Waals surface area contributed by atoms with Crippen LogP contribution in [0.3, 0.4) is 0 Å². The molecule has 0 bridgehead atoms. The predicted octanol–water partition coefficient (Wildman–Crippen LogP) is 2.33. The average molecular weight is 279 g/mol. The fourth-order valence-corrected chi connectivity index (χ4v) is 4.42. The second-order valence-corrected chi connectivity index (χ2v) is 7.19. The highest BCUT2D eigenvalue weighted by Crippen LogP contribution is 2.23. The molecule has 116 valence electrons. The summed E-state index contributed by atoms with van der Waals surface area (Å²) in [6.45, 7) is 9.07. The minimum absolute atomic E-state index is 0.871. The number of nitrogens with zero attached hydrogens (tertiary/aromatic N) is 2. The Balaban J connectivity index is 1.31. The lowest BCUT2D eigenvalue weighted by Crippen LogP contribution is -2.40. The Labute approximate surface area is 125 Å². The Morgan fingerprint density at radius 1 is 0.850 bits per heavy atom. The lowest BCUT2D eigenvalue weighted by atomic mass is 9.89. The number of hydrogen-bond donors (Lipinski definition) is 1. The molecule has 3 heteroatoms. The maximum absolute atomic E-state index is 3.73. The Morgan fingerprint density at radius 2 is 1.70 bits per heavy atom. The number of fused-ring (bicyclic) bond motifs is 1. The predicted molar refractivity (Wildman–Crippen MR) is 85.1 cm³/mol. The molecule has 2 heterocycles. The van der Waals surface area contributed by atoms with Gasteiger partial charge in [-0.3, -0.25) is 4.90 Å². The Kier molecular flexibility index (Phi) is 5.75. The van der Waals surface area contributed by atoms with Gasteiger partial charge < -0.3 is 10.2 Å². The summed E-state index contributed by atoms with van der Waals surface area (Å²) in [6.07, 6.45) is 11.6. The topological polar surface area (TPSA) is 18.5 Å². The first-order chi connectivity index (χ1) is 9.92. The highest BCUT2D eigenvalue weighted by molar-refractivity contribution is 4.85. The van der Waals surface area contributed by atoms with Gasteiger partial charge in [-0.25, -0.2) is 0 Å². The molecule has 2 saturated heterocycles. The van der Waals surface area contributed by atoms with E-state index in [1.165, 1.54) is 97.2 Å². The van der Waals surface area contributed by atoms with Gasteiger partial charge in [0.1, 0.15) is 0 Å². The van der Waals surface area contributed by atoms with Crippen LogP contribution in [0.1, 0.15) is 51.4 Å². The van der Waals surface area contributed by atoms with Crippen LogP contribution in [0.15, 0.2) is 0 Å². The van der Waals surface area contributed by atoms with E-state index in [0.29, 0.717) is 0 Å². The summed E-state index contributed by atoms with van der Waals surface area (Å²) in [5, 5.41) is 3.73. The van der Waals surface area contributed by atoms with Crippen molar-refractivity contribution in [1.29, 1.82) is 0 Å². The maximum atomic E-state index is 3.73. The molecular formula is C17H33N3. The highest BCUT2D eigenvalue weighted by Gasteiger charge is 2.28. The van der Waals surface area contributed by atoms with E-state index in [4.69, 9.17) is 0 Å². The van der Waals surface area contributed by atoms with E-state index in [1.807, 2.05) is 0 Å². The smallest absolute Gasteiger partial charge is 0.0223 e. The van der Waals surface area contributed by atoms with E-state index in [1.54, 1.807) is 0 Å². The minimum Gasteiger partial charge on any atom is -0.315 e. The molecule has 1 aliphatic carbocycles. The minimum atomic E-state index is 0.871. The third-order valence-electron chi connectivity index (χ3n) is 5.65. The molecule has 3 fully saturated rings. The van der Waals surface area contributed by atoms with Crippen molar-refractivity contribution in [3.8, 4) is 0 Å². The van der Waals surface area contributed by atoms with Gasteiger partial charge in [-0.15, -0.1) is 0 Å². The fourth-order valence-electron chi connectivity index (χ4n) is 4.42. The van der Waals surface area contributed by atoms with Crippen molar-refractivity contribution in [1.82, 2.24) is 15.1 Å². The van der Waals surface area contributed by atoms with Crippen LogP contribution in [-0.2, 0) is 0 Å². The monoisotopic (exact) mass is 279 g/mol. The van der Waals surface area contributed by atoms with Crippen molar-refractivity contribution in [3.63, 3.8) is 0 Å². The van der Waals surface area contributed by atoms with Crippen molar-refractivity contribution in [2.45, 2.75) is 57.4 Å². The van der Waals surface area contributed by atoms with Gasteiger partial charge in [-0.2, -0.15) is 0 Å². The molecule has 0 aromatic rings. The Morgan fingerprint density at radius 3 is 2.60 bits per heavy atom. The van der Waals surface area contributed by atoms with Gasteiger partial charge in [-0.05, 0) is 64.2 Å². The molecule has 2 aliphatic heterocycles. The maximum Gasteiger partial charge on any atom is 0.0223 e. The largest absolute Gasteiger partial charge is 0.315 e. The number of rotatable bonds is 5. The Hall–Kier alpha value is -0.120. The quantitative estimate of drug-likeness (QED) is 0.779. The molecular weight excluding hydrogens is 246 g/mol. The molecule has 1 atom stereocenters. The summed E-state index contributed by atoms with van der Waals surface area (Å²) in [6, 6.07) is 0.871. The summed E-state index contributed by atoms with van der Waals surface area (Å²) in [4.78, 5) is 5.44. The van der Waals surface area contributed by atoms with Crippen LogP contribution in [0.25, 0.3) is 0 Å². The van der Waals surface area contributed by atoms with Crippen LogP contribution in [-0.4, -0.2) is 61.7 Å².